The van der Waals surface area contributed by atoms with Crippen LogP contribution in [0.25, 0.3) is 0 Å². The number of amides is 1. The van der Waals surface area contributed by atoms with Crippen LogP contribution < -0.4 is 9.46 Å². The lowest BCUT2D eigenvalue weighted by Gasteiger charge is -2.34. The largest absolute Gasteiger partial charge is 0.495 e. The van der Waals surface area contributed by atoms with Gasteiger partial charge in [-0.3, -0.25) is 4.79 Å². The zero-order valence-electron chi connectivity index (χ0n) is 17.3. The molecule has 1 aromatic carbocycles. The minimum Gasteiger partial charge on any atom is -0.495 e. The Labute approximate surface area is 178 Å². The van der Waals surface area contributed by atoms with Crippen molar-refractivity contribution in [3.8, 4) is 5.75 Å². The maximum absolute atomic E-state index is 13.0. The summed E-state index contributed by atoms with van der Waals surface area (Å²) in [7, 11) is -5.74. The molecule has 30 heavy (non-hydrogen) atoms. The lowest BCUT2D eigenvalue weighted by molar-refractivity contribution is 0.0697. The molecule has 0 spiro atoms. The highest BCUT2D eigenvalue weighted by Crippen LogP contribution is 2.28. The lowest BCUT2D eigenvalue weighted by Crippen LogP contribution is -2.50. The number of carbonyl (C=O) groups is 1. The van der Waals surface area contributed by atoms with Gasteiger partial charge in [0.05, 0.1) is 12.9 Å². The molecule has 1 amide bonds. The summed E-state index contributed by atoms with van der Waals surface area (Å²) in [6.45, 7) is 2.56. The Bertz CT molecular complexity index is 980. The summed E-state index contributed by atoms with van der Waals surface area (Å²) in [5.74, 6) is -0.131. The van der Waals surface area contributed by atoms with Crippen LogP contribution in [-0.2, 0) is 20.0 Å². The van der Waals surface area contributed by atoms with Crippen molar-refractivity contribution >= 4 is 26.0 Å². The highest BCUT2D eigenvalue weighted by Gasteiger charge is 2.30. The third-order valence-electron chi connectivity index (χ3n) is 5.66. The molecule has 2 fully saturated rings. The van der Waals surface area contributed by atoms with Gasteiger partial charge in [0.25, 0.3) is 5.91 Å². The van der Waals surface area contributed by atoms with Crippen molar-refractivity contribution in [3.05, 3.63) is 23.8 Å². The molecule has 0 bridgehead atoms. The van der Waals surface area contributed by atoms with Gasteiger partial charge in [0.2, 0.25) is 20.0 Å². The average Bonchev–Trinajstić information content (AvgIpc) is 3.25. The third-order valence-corrected chi connectivity index (χ3v) is 9.08. The Morgan fingerprint density at radius 2 is 1.73 bits per heavy atom. The number of sulfonamides is 2. The molecule has 0 atom stereocenters. The second-order valence-corrected chi connectivity index (χ2v) is 11.5. The first-order chi connectivity index (χ1) is 14.2. The highest BCUT2D eigenvalue weighted by molar-refractivity contribution is 7.89. The van der Waals surface area contributed by atoms with Crippen LogP contribution in [0.1, 0.15) is 43.0 Å². The fraction of sp³-hybridized carbons (Fsp3) is 0.632. The number of nitrogens with one attached hydrogen (secondary N) is 1. The summed E-state index contributed by atoms with van der Waals surface area (Å²) in [4.78, 5) is 14.4. The van der Waals surface area contributed by atoms with Crippen molar-refractivity contribution in [3.63, 3.8) is 0 Å². The second-order valence-electron chi connectivity index (χ2n) is 7.56. The standard InChI is InChI=1S/C19H29N3O6S2/c1-3-29(24,25)22-12-10-21(11-13-22)19(23)15-8-9-17(28-2)18(14-15)30(26,27)20-16-6-4-5-7-16/h8-9,14,16,20H,3-7,10-13H2,1-2H3. The number of nitrogens with zero attached hydrogens (tertiary/aromatic N) is 2. The molecule has 1 heterocycles. The van der Waals surface area contributed by atoms with Gasteiger partial charge < -0.3 is 9.64 Å². The zero-order chi connectivity index (χ0) is 21.9. The SMILES string of the molecule is CCS(=O)(=O)N1CCN(C(=O)c2ccc(OC)c(S(=O)(=O)NC3CCCC3)c2)CC1. The molecule has 2 aliphatic rings. The number of carbonyl (C=O) groups excluding carboxylic acids is 1. The van der Waals surface area contributed by atoms with Crippen LogP contribution in [0.15, 0.2) is 23.1 Å². The van der Waals surface area contributed by atoms with E-state index in [1.54, 1.807) is 11.8 Å². The highest BCUT2D eigenvalue weighted by atomic mass is 32.2. The maximum atomic E-state index is 13.0. The first-order valence-electron chi connectivity index (χ1n) is 10.2. The normalized spacial score (nSPS) is 19.2. The van der Waals surface area contributed by atoms with Crippen LogP contribution in [0.5, 0.6) is 5.75 Å². The van der Waals surface area contributed by atoms with E-state index in [1.165, 1.54) is 29.6 Å². The smallest absolute Gasteiger partial charge is 0.253 e. The number of hydrogen-bond donors (Lipinski definition) is 1. The first-order valence-corrected chi connectivity index (χ1v) is 13.2. The van der Waals surface area contributed by atoms with Gasteiger partial charge in [0, 0.05) is 37.8 Å². The molecule has 1 aliphatic heterocycles. The Balaban J connectivity index is 1.78. The van der Waals surface area contributed by atoms with Crippen molar-refractivity contribution < 1.29 is 26.4 Å². The van der Waals surface area contributed by atoms with Crippen molar-refractivity contribution in [2.24, 2.45) is 0 Å². The summed E-state index contributed by atoms with van der Waals surface area (Å²) < 4.78 is 59.2. The number of methoxy groups -OCH3 is 1. The average molecular weight is 460 g/mol. The fourth-order valence-corrected chi connectivity index (χ4v) is 6.47. The van der Waals surface area contributed by atoms with Gasteiger partial charge in [-0.1, -0.05) is 12.8 Å². The fourth-order valence-electron chi connectivity index (χ4n) is 3.88. The van der Waals surface area contributed by atoms with Crippen LogP contribution in [0, 0.1) is 0 Å². The van der Waals surface area contributed by atoms with E-state index in [9.17, 15) is 21.6 Å². The van der Waals surface area contributed by atoms with Gasteiger partial charge in [-0.25, -0.2) is 21.6 Å². The summed E-state index contributed by atoms with van der Waals surface area (Å²) in [6.07, 6.45) is 3.57. The number of benzene rings is 1. The summed E-state index contributed by atoms with van der Waals surface area (Å²) in [6, 6.07) is 4.25. The van der Waals surface area contributed by atoms with E-state index in [1.807, 2.05) is 0 Å². The number of ether oxygens (including phenoxy) is 1. The van der Waals surface area contributed by atoms with E-state index in [-0.39, 0.29) is 60.1 Å². The Kier molecular flexibility index (Phi) is 7.05. The van der Waals surface area contributed by atoms with Crippen LogP contribution in [0.3, 0.4) is 0 Å². The first kappa shape index (κ1) is 23.0. The minimum atomic E-state index is -3.84. The number of piperazine rings is 1. The summed E-state index contributed by atoms with van der Waals surface area (Å²) in [5.41, 5.74) is 0.231. The Hall–Kier alpha value is -1.69. The summed E-state index contributed by atoms with van der Waals surface area (Å²) >= 11 is 0. The van der Waals surface area contributed by atoms with E-state index in [2.05, 4.69) is 4.72 Å². The minimum absolute atomic E-state index is 0.0225. The topological polar surface area (TPSA) is 113 Å². The molecule has 1 N–H and O–H groups in total. The third kappa shape index (κ3) is 4.96. The zero-order valence-corrected chi connectivity index (χ0v) is 19.0. The molecule has 9 nitrogen and oxygen atoms in total. The predicted molar refractivity (Wildman–Crippen MR) is 113 cm³/mol. The molecule has 3 rings (SSSR count). The quantitative estimate of drug-likeness (QED) is 0.651. The number of hydrogen-bond acceptors (Lipinski definition) is 6. The molecular weight excluding hydrogens is 430 g/mol. The summed E-state index contributed by atoms with van der Waals surface area (Å²) in [5, 5.41) is 0. The van der Waals surface area contributed by atoms with E-state index >= 15 is 0 Å². The molecule has 1 saturated carbocycles. The van der Waals surface area contributed by atoms with Crippen LogP contribution in [0.4, 0.5) is 0 Å². The molecular formula is C19H29N3O6S2. The molecule has 1 saturated heterocycles. The maximum Gasteiger partial charge on any atom is 0.253 e. The van der Waals surface area contributed by atoms with Gasteiger partial charge >= 0.3 is 0 Å². The molecule has 1 aromatic rings. The molecule has 11 heteroatoms. The van der Waals surface area contributed by atoms with Gasteiger partial charge in [0.15, 0.2) is 0 Å². The molecule has 0 unspecified atom stereocenters. The van der Waals surface area contributed by atoms with Crippen LogP contribution in [-0.4, -0.2) is 77.0 Å². The van der Waals surface area contributed by atoms with Crippen molar-refractivity contribution in [2.45, 2.75) is 43.5 Å². The van der Waals surface area contributed by atoms with Crippen LogP contribution >= 0.6 is 0 Å². The van der Waals surface area contributed by atoms with Gasteiger partial charge in [-0.2, -0.15) is 4.31 Å². The van der Waals surface area contributed by atoms with E-state index in [4.69, 9.17) is 4.74 Å². The monoisotopic (exact) mass is 459 g/mol. The van der Waals surface area contributed by atoms with Crippen molar-refractivity contribution in [1.82, 2.24) is 13.9 Å². The molecule has 0 radical (unpaired) electrons. The molecule has 0 aromatic heterocycles. The lowest BCUT2D eigenvalue weighted by atomic mass is 10.1. The Morgan fingerprint density at radius 1 is 1.10 bits per heavy atom. The molecule has 1 aliphatic carbocycles. The van der Waals surface area contributed by atoms with Crippen molar-refractivity contribution in [2.75, 3.05) is 39.0 Å². The van der Waals surface area contributed by atoms with Crippen molar-refractivity contribution in [1.29, 1.82) is 0 Å². The van der Waals surface area contributed by atoms with Gasteiger partial charge in [-0.15, -0.1) is 0 Å². The van der Waals surface area contributed by atoms with E-state index in [0.29, 0.717) is 0 Å². The Morgan fingerprint density at radius 3 is 2.30 bits per heavy atom. The van der Waals surface area contributed by atoms with E-state index < -0.39 is 20.0 Å². The van der Waals surface area contributed by atoms with Gasteiger partial charge in [0.1, 0.15) is 10.6 Å². The number of rotatable bonds is 7. The molecule has 168 valence electrons. The van der Waals surface area contributed by atoms with E-state index in [0.717, 1.165) is 25.7 Å². The predicted octanol–water partition coefficient (Wildman–Crippen LogP) is 1.02. The second kappa shape index (κ2) is 9.21. The van der Waals surface area contributed by atoms with Crippen LogP contribution in [0.2, 0.25) is 0 Å². The van der Waals surface area contributed by atoms with Gasteiger partial charge in [-0.05, 0) is 38.0 Å².